The van der Waals surface area contributed by atoms with Gasteiger partial charge in [-0.1, -0.05) is 6.92 Å². The number of benzene rings is 1. The minimum absolute atomic E-state index is 0.152. The number of nitrogens with zero attached hydrogens (tertiary/aromatic N) is 1. The van der Waals surface area contributed by atoms with Crippen LogP contribution in [0.15, 0.2) is 18.2 Å². The third-order valence-corrected chi connectivity index (χ3v) is 3.01. The Morgan fingerprint density at radius 2 is 2.24 bits per heavy atom. The molecular weight excluding hydrogens is 282 g/mol. The van der Waals surface area contributed by atoms with Gasteiger partial charge in [0.15, 0.2) is 5.82 Å². The van der Waals surface area contributed by atoms with Crippen molar-refractivity contribution < 1.29 is 18.7 Å². The highest BCUT2D eigenvalue weighted by Gasteiger charge is 2.13. The van der Waals surface area contributed by atoms with Crippen LogP contribution in [0, 0.1) is 0 Å². The van der Waals surface area contributed by atoms with Crippen molar-refractivity contribution in [2.45, 2.75) is 25.8 Å². The van der Waals surface area contributed by atoms with E-state index in [1.807, 2.05) is 6.92 Å². The zero-order valence-corrected chi connectivity index (χ0v) is 11.4. The van der Waals surface area contributed by atoms with Gasteiger partial charge in [0.2, 0.25) is 0 Å². The molecular formula is C13H16F2N4O2. The van der Waals surface area contributed by atoms with Crippen LogP contribution in [0.2, 0.25) is 0 Å². The number of fused-ring (bicyclic) bond motifs is 1. The Hall–Kier alpha value is -2.22. The van der Waals surface area contributed by atoms with E-state index in [-0.39, 0.29) is 12.6 Å². The van der Waals surface area contributed by atoms with Gasteiger partial charge in [0.1, 0.15) is 0 Å². The molecule has 1 heterocycles. The fraction of sp³-hybridized carbons (Fsp3) is 0.385. The summed E-state index contributed by atoms with van der Waals surface area (Å²) >= 11 is 0. The zero-order valence-electron chi connectivity index (χ0n) is 11.4. The molecule has 2 aromatic rings. The van der Waals surface area contributed by atoms with E-state index in [9.17, 15) is 13.6 Å². The largest absolute Gasteiger partial charge is 0.394 e. The van der Waals surface area contributed by atoms with Crippen LogP contribution < -0.4 is 10.6 Å². The van der Waals surface area contributed by atoms with E-state index in [0.717, 1.165) is 0 Å². The predicted octanol–water partition coefficient (Wildman–Crippen LogP) is 2.39. The summed E-state index contributed by atoms with van der Waals surface area (Å²) in [4.78, 5) is 18.0. The van der Waals surface area contributed by atoms with E-state index in [0.29, 0.717) is 23.1 Å². The Bertz CT molecular complexity index is 626. The number of aliphatic hydroxyl groups is 1. The number of carbonyl (C=O) groups excluding carboxylic acids is 1. The molecule has 0 aliphatic rings. The molecule has 21 heavy (non-hydrogen) atoms. The molecule has 0 saturated heterocycles. The van der Waals surface area contributed by atoms with Gasteiger partial charge < -0.3 is 20.7 Å². The van der Waals surface area contributed by atoms with Crippen LogP contribution in [0.5, 0.6) is 0 Å². The lowest BCUT2D eigenvalue weighted by atomic mass is 10.2. The van der Waals surface area contributed by atoms with Crippen LogP contribution in [-0.4, -0.2) is 33.8 Å². The fourth-order valence-electron chi connectivity index (χ4n) is 1.84. The summed E-state index contributed by atoms with van der Waals surface area (Å²) in [6.07, 6.45) is -2.08. The first-order valence-electron chi connectivity index (χ1n) is 6.49. The first-order chi connectivity index (χ1) is 10.0. The van der Waals surface area contributed by atoms with Crippen molar-refractivity contribution in [3.05, 3.63) is 24.0 Å². The normalized spacial score (nSPS) is 12.6. The Balaban J connectivity index is 2.10. The van der Waals surface area contributed by atoms with Gasteiger partial charge in [-0.2, -0.15) is 0 Å². The van der Waals surface area contributed by atoms with Crippen molar-refractivity contribution in [3.8, 4) is 0 Å². The molecule has 0 aliphatic heterocycles. The number of carbonyl (C=O) groups is 1. The average Bonchev–Trinajstić information content (AvgIpc) is 2.88. The highest BCUT2D eigenvalue weighted by molar-refractivity contribution is 5.92. The molecule has 1 aromatic heterocycles. The molecule has 0 spiro atoms. The van der Waals surface area contributed by atoms with Gasteiger partial charge in [0.05, 0.1) is 23.7 Å². The predicted molar refractivity (Wildman–Crippen MR) is 74.4 cm³/mol. The van der Waals surface area contributed by atoms with Crippen molar-refractivity contribution in [2.24, 2.45) is 0 Å². The second-order valence-electron chi connectivity index (χ2n) is 4.54. The molecule has 0 aliphatic carbocycles. The molecule has 0 bridgehead atoms. The standard InChI is InChI=1S/C13H16F2N4O2/c1-2-7(6-20)16-13(21)17-8-3-4-9-10(5-8)19-12(18-9)11(14)15/h3-5,7,11,20H,2,6H2,1H3,(H,18,19)(H2,16,17,21). The van der Waals surface area contributed by atoms with Crippen LogP contribution in [-0.2, 0) is 0 Å². The van der Waals surface area contributed by atoms with E-state index >= 15 is 0 Å². The molecule has 2 amide bonds. The third kappa shape index (κ3) is 3.66. The van der Waals surface area contributed by atoms with Gasteiger partial charge in [-0.25, -0.2) is 18.6 Å². The van der Waals surface area contributed by atoms with Gasteiger partial charge >= 0.3 is 6.03 Å². The summed E-state index contributed by atoms with van der Waals surface area (Å²) in [5.41, 5.74) is 1.26. The average molecular weight is 298 g/mol. The van der Waals surface area contributed by atoms with Gasteiger partial charge in [0.25, 0.3) is 6.43 Å². The third-order valence-electron chi connectivity index (χ3n) is 3.01. The van der Waals surface area contributed by atoms with E-state index in [1.54, 1.807) is 6.07 Å². The number of hydrogen-bond donors (Lipinski definition) is 4. The lowest BCUT2D eigenvalue weighted by Gasteiger charge is -2.14. The number of urea groups is 1. The van der Waals surface area contributed by atoms with Crippen LogP contribution in [0.4, 0.5) is 19.3 Å². The summed E-state index contributed by atoms with van der Waals surface area (Å²) in [5.74, 6) is -0.405. The number of aromatic amines is 1. The number of hydrogen-bond acceptors (Lipinski definition) is 3. The molecule has 1 aromatic carbocycles. The molecule has 0 fully saturated rings. The van der Waals surface area contributed by atoms with E-state index in [2.05, 4.69) is 20.6 Å². The molecule has 6 nitrogen and oxygen atoms in total. The monoisotopic (exact) mass is 298 g/mol. The maximum absolute atomic E-state index is 12.5. The lowest BCUT2D eigenvalue weighted by molar-refractivity contribution is 0.142. The Labute approximate surface area is 119 Å². The Morgan fingerprint density at radius 1 is 1.48 bits per heavy atom. The van der Waals surface area contributed by atoms with Crippen molar-refractivity contribution >= 4 is 22.8 Å². The molecule has 2 rings (SSSR count). The number of imidazole rings is 1. The van der Waals surface area contributed by atoms with E-state index in [4.69, 9.17) is 5.11 Å². The number of anilines is 1. The van der Waals surface area contributed by atoms with Crippen LogP contribution in [0.3, 0.4) is 0 Å². The second kappa shape index (κ2) is 6.49. The van der Waals surface area contributed by atoms with Crippen molar-refractivity contribution in [3.63, 3.8) is 0 Å². The number of halogens is 2. The van der Waals surface area contributed by atoms with Gasteiger partial charge in [-0.15, -0.1) is 0 Å². The highest BCUT2D eigenvalue weighted by Crippen LogP contribution is 2.22. The quantitative estimate of drug-likeness (QED) is 0.683. The maximum atomic E-state index is 12.5. The summed E-state index contributed by atoms with van der Waals surface area (Å²) in [6.45, 7) is 1.69. The highest BCUT2D eigenvalue weighted by atomic mass is 19.3. The molecule has 1 atom stereocenters. The summed E-state index contributed by atoms with van der Waals surface area (Å²) < 4.78 is 25.1. The number of amides is 2. The summed E-state index contributed by atoms with van der Waals surface area (Å²) in [5, 5.41) is 14.2. The maximum Gasteiger partial charge on any atom is 0.319 e. The van der Waals surface area contributed by atoms with Crippen LogP contribution >= 0.6 is 0 Å². The smallest absolute Gasteiger partial charge is 0.319 e. The number of H-pyrrole nitrogens is 1. The second-order valence-corrected chi connectivity index (χ2v) is 4.54. The zero-order chi connectivity index (χ0) is 15.4. The number of rotatable bonds is 5. The molecule has 0 radical (unpaired) electrons. The first-order valence-corrected chi connectivity index (χ1v) is 6.49. The molecule has 0 saturated carbocycles. The fourth-order valence-corrected chi connectivity index (χ4v) is 1.84. The van der Waals surface area contributed by atoms with Crippen molar-refractivity contribution in [1.82, 2.24) is 15.3 Å². The molecule has 1 unspecified atom stereocenters. The van der Waals surface area contributed by atoms with Crippen LogP contribution in [0.1, 0.15) is 25.6 Å². The van der Waals surface area contributed by atoms with Gasteiger partial charge in [-0.3, -0.25) is 0 Å². The number of aromatic nitrogens is 2. The minimum Gasteiger partial charge on any atom is -0.394 e. The molecule has 4 N–H and O–H groups in total. The van der Waals surface area contributed by atoms with E-state index < -0.39 is 18.3 Å². The van der Waals surface area contributed by atoms with Crippen LogP contribution in [0.25, 0.3) is 11.0 Å². The number of aliphatic hydroxyl groups excluding tert-OH is 1. The topological polar surface area (TPSA) is 90.0 Å². The SMILES string of the molecule is CCC(CO)NC(=O)Nc1ccc2nc(C(F)F)[nH]c2c1. The minimum atomic E-state index is -2.67. The summed E-state index contributed by atoms with van der Waals surface area (Å²) in [7, 11) is 0. The van der Waals surface area contributed by atoms with E-state index in [1.165, 1.54) is 12.1 Å². The number of nitrogens with one attached hydrogen (secondary N) is 3. The summed E-state index contributed by atoms with van der Waals surface area (Å²) in [6, 6.07) is 3.83. The lowest BCUT2D eigenvalue weighted by Crippen LogP contribution is -2.39. The molecule has 8 heteroatoms. The van der Waals surface area contributed by atoms with Gasteiger partial charge in [0, 0.05) is 5.69 Å². The Morgan fingerprint density at radius 3 is 2.86 bits per heavy atom. The molecule has 114 valence electrons. The Kier molecular flexibility index (Phi) is 4.69. The number of alkyl halides is 2. The van der Waals surface area contributed by atoms with Crippen molar-refractivity contribution in [1.29, 1.82) is 0 Å². The van der Waals surface area contributed by atoms with Crippen molar-refractivity contribution in [2.75, 3.05) is 11.9 Å². The first kappa shape index (κ1) is 15.2. The van der Waals surface area contributed by atoms with Gasteiger partial charge in [-0.05, 0) is 24.6 Å².